The maximum atomic E-state index is 12.2. The van der Waals surface area contributed by atoms with Crippen LogP contribution in [0.15, 0.2) is 18.3 Å². The standard InChI is InChI=1S/C14H18N2O3/c17-13(10-6-3-1-2-4-7-10)16-11-8-5-9-15-12(11)14(18)19/h5,8-10H,1-4,6-7H2,(H,16,17)(H,18,19). The molecule has 19 heavy (non-hydrogen) atoms. The minimum atomic E-state index is -1.13. The van der Waals surface area contributed by atoms with Gasteiger partial charge in [0, 0.05) is 12.1 Å². The first-order chi connectivity index (χ1) is 9.18. The van der Waals surface area contributed by atoms with Crippen LogP contribution in [0.1, 0.15) is 49.0 Å². The van der Waals surface area contributed by atoms with Crippen LogP contribution in [0, 0.1) is 5.92 Å². The van der Waals surface area contributed by atoms with E-state index >= 15 is 0 Å². The van der Waals surface area contributed by atoms with Crippen molar-refractivity contribution in [2.24, 2.45) is 5.92 Å². The van der Waals surface area contributed by atoms with Crippen molar-refractivity contribution in [1.82, 2.24) is 4.98 Å². The smallest absolute Gasteiger partial charge is 0.356 e. The Labute approximate surface area is 112 Å². The molecule has 5 nitrogen and oxygen atoms in total. The zero-order chi connectivity index (χ0) is 13.7. The van der Waals surface area contributed by atoms with Crippen molar-refractivity contribution in [3.63, 3.8) is 0 Å². The average molecular weight is 262 g/mol. The van der Waals surface area contributed by atoms with Gasteiger partial charge < -0.3 is 10.4 Å². The number of aromatic nitrogens is 1. The molecule has 1 aromatic rings. The van der Waals surface area contributed by atoms with Crippen LogP contribution in [0.5, 0.6) is 0 Å². The largest absolute Gasteiger partial charge is 0.476 e. The lowest BCUT2D eigenvalue weighted by molar-refractivity contribution is -0.120. The minimum Gasteiger partial charge on any atom is -0.476 e. The van der Waals surface area contributed by atoms with Gasteiger partial charge >= 0.3 is 5.97 Å². The number of amides is 1. The highest BCUT2D eigenvalue weighted by Gasteiger charge is 2.22. The third-order valence-electron chi connectivity index (χ3n) is 3.49. The van der Waals surface area contributed by atoms with E-state index in [0.717, 1.165) is 25.7 Å². The summed E-state index contributed by atoms with van der Waals surface area (Å²) in [6.07, 6.45) is 7.66. The fraction of sp³-hybridized carbons (Fsp3) is 0.500. The predicted octanol–water partition coefficient (Wildman–Crippen LogP) is 2.69. The number of carboxylic acid groups (broad SMARTS) is 1. The summed E-state index contributed by atoms with van der Waals surface area (Å²) in [5.74, 6) is -1.22. The molecule has 0 aliphatic heterocycles. The Morgan fingerprint density at radius 2 is 1.89 bits per heavy atom. The van der Waals surface area contributed by atoms with Crippen LogP contribution in [0.2, 0.25) is 0 Å². The zero-order valence-corrected chi connectivity index (χ0v) is 10.8. The summed E-state index contributed by atoms with van der Waals surface area (Å²) < 4.78 is 0. The Kier molecular flexibility index (Phi) is 4.49. The third kappa shape index (κ3) is 3.53. The molecule has 2 N–H and O–H groups in total. The van der Waals surface area contributed by atoms with Crippen molar-refractivity contribution in [3.05, 3.63) is 24.0 Å². The summed E-state index contributed by atoms with van der Waals surface area (Å²) >= 11 is 0. The number of carboxylic acids is 1. The van der Waals surface area contributed by atoms with E-state index < -0.39 is 5.97 Å². The summed E-state index contributed by atoms with van der Waals surface area (Å²) in [4.78, 5) is 27.0. The molecule has 0 saturated heterocycles. The van der Waals surface area contributed by atoms with Crippen LogP contribution in [0.4, 0.5) is 5.69 Å². The van der Waals surface area contributed by atoms with Crippen LogP contribution in [-0.4, -0.2) is 22.0 Å². The molecule has 1 aliphatic rings. The van der Waals surface area contributed by atoms with E-state index in [1.54, 1.807) is 12.1 Å². The zero-order valence-electron chi connectivity index (χ0n) is 10.8. The van der Waals surface area contributed by atoms with Gasteiger partial charge in [-0.1, -0.05) is 25.7 Å². The van der Waals surface area contributed by atoms with Gasteiger partial charge in [0.05, 0.1) is 5.69 Å². The molecule has 1 aromatic heterocycles. The van der Waals surface area contributed by atoms with E-state index in [0.29, 0.717) is 0 Å². The number of aromatic carboxylic acids is 1. The molecular formula is C14H18N2O3. The first-order valence-electron chi connectivity index (χ1n) is 6.67. The molecule has 1 heterocycles. The van der Waals surface area contributed by atoms with E-state index in [1.807, 2.05) is 0 Å². The van der Waals surface area contributed by atoms with Crippen molar-refractivity contribution in [2.45, 2.75) is 38.5 Å². The Hall–Kier alpha value is -1.91. The van der Waals surface area contributed by atoms with Gasteiger partial charge in [-0.15, -0.1) is 0 Å². The van der Waals surface area contributed by atoms with E-state index in [1.165, 1.54) is 19.0 Å². The van der Waals surface area contributed by atoms with Gasteiger partial charge in [-0.3, -0.25) is 4.79 Å². The molecule has 5 heteroatoms. The summed E-state index contributed by atoms with van der Waals surface area (Å²) in [6, 6.07) is 3.19. The van der Waals surface area contributed by atoms with E-state index in [2.05, 4.69) is 10.3 Å². The molecule has 1 amide bonds. The SMILES string of the molecule is O=C(O)c1ncccc1NC(=O)C1CCCCCC1. The molecule has 1 saturated carbocycles. The number of rotatable bonds is 3. The second kappa shape index (κ2) is 6.31. The maximum absolute atomic E-state index is 12.2. The molecule has 0 spiro atoms. The lowest BCUT2D eigenvalue weighted by atomic mass is 9.99. The van der Waals surface area contributed by atoms with Crippen LogP contribution in [-0.2, 0) is 4.79 Å². The van der Waals surface area contributed by atoms with Gasteiger partial charge in [-0.05, 0) is 25.0 Å². The van der Waals surface area contributed by atoms with Gasteiger partial charge in [0.25, 0.3) is 0 Å². The Bertz CT molecular complexity index is 466. The second-order valence-corrected chi connectivity index (χ2v) is 4.88. The van der Waals surface area contributed by atoms with Crippen LogP contribution in [0.25, 0.3) is 0 Å². The van der Waals surface area contributed by atoms with Crippen LogP contribution in [0.3, 0.4) is 0 Å². The molecular weight excluding hydrogens is 244 g/mol. The number of carbonyl (C=O) groups is 2. The van der Waals surface area contributed by atoms with Crippen molar-refractivity contribution in [1.29, 1.82) is 0 Å². The van der Waals surface area contributed by atoms with E-state index in [4.69, 9.17) is 5.11 Å². The third-order valence-corrected chi connectivity index (χ3v) is 3.49. The molecule has 0 atom stereocenters. The number of anilines is 1. The monoisotopic (exact) mass is 262 g/mol. The normalized spacial score (nSPS) is 16.6. The van der Waals surface area contributed by atoms with Crippen LogP contribution < -0.4 is 5.32 Å². The van der Waals surface area contributed by atoms with Crippen molar-refractivity contribution in [3.8, 4) is 0 Å². The summed E-state index contributed by atoms with van der Waals surface area (Å²) in [6.45, 7) is 0. The highest BCUT2D eigenvalue weighted by Crippen LogP contribution is 2.24. The van der Waals surface area contributed by atoms with Crippen molar-refractivity contribution in [2.75, 3.05) is 5.32 Å². The lowest BCUT2D eigenvalue weighted by Gasteiger charge is -2.14. The van der Waals surface area contributed by atoms with Crippen molar-refractivity contribution < 1.29 is 14.7 Å². The quantitative estimate of drug-likeness (QED) is 0.821. The second-order valence-electron chi connectivity index (χ2n) is 4.88. The van der Waals surface area contributed by atoms with Gasteiger partial charge in [0.1, 0.15) is 0 Å². The summed E-state index contributed by atoms with van der Waals surface area (Å²) in [7, 11) is 0. The topological polar surface area (TPSA) is 79.3 Å². The van der Waals surface area contributed by atoms with Crippen LogP contribution >= 0.6 is 0 Å². The highest BCUT2D eigenvalue weighted by molar-refractivity contribution is 5.99. The molecule has 1 aliphatic carbocycles. The fourth-order valence-corrected chi connectivity index (χ4v) is 2.45. The highest BCUT2D eigenvalue weighted by atomic mass is 16.4. The predicted molar refractivity (Wildman–Crippen MR) is 71.0 cm³/mol. The molecule has 102 valence electrons. The fourth-order valence-electron chi connectivity index (χ4n) is 2.45. The van der Waals surface area contributed by atoms with Gasteiger partial charge in [-0.2, -0.15) is 0 Å². The number of nitrogens with zero attached hydrogens (tertiary/aromatic N) is 1. The summed E-state index contributed by atoms with van der Waals surface area (Å²) in [5, 5.41) is 11.7. The Morgan fingerprint density at radius 3 is 2.53 bits per heavy atom. The maximum Gasteiger partial charge on any atom is 0.356 e. The first kappa shape index (κ1) is 13.5. The molecule has 0 aromatic carbocycles. The number of carbonyl (C=O) groups excluding carboxylic acids is 1. The van der Waals surface area contributed by atoms with E-state index in [9.17, 15) is 9.59 Å². The number of hydrogen-bond donors (Lipinski definition) is 2. The van der Waals surface area contributed by atoms with Gasteiger partial charge in [-0.25, -0.2) is 9.78 Å². The molecule has 1 fully saturated rings. The minimum absolute atomic E-state index is 0.00986. The molecule has 0 radical (unpaired) electrons. The summed E-state index contributed by atoms with van der Waals surface area (Å²) in [5.41, 5.74) is 0.175. The number of pyridine rings is 1. The van der Waals surface area contributed by atoms with Gasteiger partial charge in [0.2, 0.25) is 5.91 Å². The lowest BCUT2D eigenvalue weighted by Crippen LogP contribution is -2.23. The molecule has 2 rings (SSSR count). The molecule has 0 unspecified atom stereocenters. The van der Waals surface area contributed by atoms with E-state index in [-0.39, 0.29) is 23.2 Å². The number of nitrogens with one attached hydrogen (secondary N) is 1. The molecule has 0 bridgehead atoms. The number of hydrogen-bond acceptors (Lipinski definition) is 3. The average Bonchev–Trinajstić information content (AvgIpc) is 2.68. The Morgan fingerprint density at radius 1 is 1.21 bits per heavy atom. The van der Waals surface area contributed by atoms with Crippen molar-refractivity contribution >= 4 is 17.6 Å². The van der Waals surface area contributed by atoms with Gasteiger partial charge in [0.15, 0.2) is 5.69 Å². The Balaban J connectivity index is 2.07. The first-order valence-corrected chi connectivity index (χ1v) is 6.67.